The van der Waals surface area contributed by atoms with Crippen LogP contribution in [0, 0.1) is 0 Å². The van der Waals surface area contributed by atoms with Crippen LogP contribution in [0.5, 0.6) is 0 Å². The van der Waals surface area contributed by atoms with E-state index in [9.17, 15) is 4.79 Å². The van der Waals surface area contributed by atoms with Crippen LogP contribution in [0.3, 0.4) is 0 Å². The fourth-order valence-corrected chi connectivity index (χ4v) is 4.56. The van der Waals surface area contributed by atoms with Gasteiger partial charge in [0.15, 0.2) is 0 Å². The Labute approximate surface area is 174 Å². The molecule has 0 spiro atoms. The van der Waals surface area contributed by atoms with Gasteiger partial charge in [-0.3, -0.25) is 4.79 Å². The molecule has 7 heteroatoms. The molecule has 0 aromatic carbocycles. The zero-order valence-electron chi connectivity index (χ0n) is 17.8. The van der Waals surface area contributed by atoms with E-state index in [2.05, 4.69) is 25.1 Å². The number of hydrogen-bond acceptors (Lipinski definition) is 6. The number of anilines is 1. The molecule has 1 amide bonds. The number of piperidine rings is 2. The monoisotopic (exact) mass is 401 g/mol. The molecule has 0 unspecified atom stereocenters. The Hall–Kier alpha value is -1.73. The van der Waals surface area contributed by atoms with E-state index in [1.807, 2.05) is 13.8 Å². The quantitative estimate of drug-likeness (QED) is 0.790. The summed E-state index contributed by atoms with van der Waals surface area (Å²) < 4.78 is 6.44. The molecular formula is C22H35N5O2. The van der Waals surface area contributed by atoms with Crippen LogP contribution in [0.15, 0.2) is 12.4 Å². The summed E-state index contributed by atoms with van der Waals surface area (Å²) in [5.41, 5.74) is 0.369. The zero-order chi connectivity index (χ0) is 20.2. The van der Waals surface area contributed by atoms with Crippen molar-refractivity contribution in [1.82, 2.24) is 20.2 Å². The largest absolute Gasteiger partial charge is 0.375 e. The summed E-state index contributed by atoms with van der Waals surface area (Å²) >= 11 is 0. The number of rotatable bonds is 6. The molecule has 3 fully saturated rings. The number of aromatic nitrogens is 2. The molecule has 29 heavy (non-hydrogen) atoms. The number of amides is 1. The fourth-order valence-electron chi connectivity index (χ4n) is 4.56. The van der Waals surface area contributed by atoms with Gasteiger partial charge in [0.2, 0.25) is 0 Å². The van der Waals surface area contributed by atoms with Crippen molar-refractivity contribution in [3.05, 3.63) is 18.1 Å². The van der Waals surface area contributed by atoms with E-state index in [0.717, 1.165) is 37.8 Å². The highest BCUT2D eigenvalue weighted by molar-refractivity contribution is 5.92. The molecule has 160 valence electrons. The minimum absolute atomic E-state index is 0.0912. The third-order valence-electron chi connectivity index (χ3n) is 6.51. The molecule has 2 saturated heterocycles. The molecule has 2 aliphatic heterocycles. The van der Waals surface area contributed by atoms with Crippen LogP contribution in [0.1, 0.15) is 69.3 Å². The van der Waals surface area contributed by atoms with Crippen molar-refractivity contribution in [3.63, 3.8) is 0 Å². The van der Waals surface area contributed by atoms with Crippen LogP contribution in [-0.2, 0) is 4.74 Å². The van der Waals surface area contributed by atoms with Gasteiger partial charge in [0.1, 0.15) is 11.5 Å². The van der Waals surface area contributed by atoms with Crippen molar-refractivity contribution in [2.75, 3.05) is 31.1 Å². The van der Waals surface area contributed by atoms with Crippen molar-refractivity contribution >= 4 is 11.7 Å². The van der Waals surface area contributed by atoms with Crippen LogP contribution in [0.25, 0.3) is 0 Å². The minimum Gasteiger partial charge on any atom is -0.375 e. The Kier molecular flexibility index (Phi) is 6.65. The molecule has 0 atom stereocenters. The molecule has 1 aromatic heterocycles. The van der Waals surface area contributed by atoms with E-state index >= 15 is 0 Å². The zero-order valence-corrected chi connectivity index (χ0v) is 17.8. The first-order chi connectivity index (χ1) is 14.1. The van der Waals surface area contributed by atoms with Gasteiger partial charge in [0.05, 0.1) is 24.6 Å². The molecule has 4 rings (SSSR count). The Morgan fingerprint density at radius 2 is 1.66 bits per heavy atom. The van der Waals surface area contributed by atoms with Gasteiger partial charge in [-0.05, 0) is 52.4 Å². The van der Waals surface area contributed by atoms with Crippen LogP contribution in [0.4, 0.5) is 5.82 Å². The second-order valence-corrected chi connectivity index (χ2v) is 9.03. The van der Waals surface area contributed by atoms with E-state index in [0.29, 0.717) is 17.9 Å². The van der Waals surface area contributed by atoms with E-state index in [1.165, 1.54) is 45.2 Å². The second kappa shape index (κ2) is 9.39. The predicted octanol–water partition coefficient (Wildman–Crippen LogP) is 2.62. The predicted molar refractivity (Wildman–Crippen MR) is 113 cm³/mol. The Balaban J connectivity index is 1.20. The Morgan fingerprint density at radius 1 is 1.00 bits per heavy atom. The average Bonchev–Trinajstić information content (AvgIpc) is 2.68. The molecule has 1 aliphatic carbocycles. The van der Waals surface area contributed by atoms with Gasteiger partial charge in [0, 0.05) is 38.3 Å². The number of nitrogens with one attached hydrogen (secondary N) is 1. The molecule has 7 nitrogen and oxygen atoms in total. The van der Waals surface area contributed by atoms with Crippen LogP contribution in [-0.4, -0.2) is 71.2 Å². The van der Waals surface area contributed by atoms with Crippen molar-refractivity contribution in [2.45, 2.75) is 83.1 Å². The maximum atomic E-state index is 12.0. The second-order valence-electron chi connectivity index (χ2n) is 9.03. The third-order valence-corrected chi connectivity index (χ3v) is 6.51. The first-order valence-corrected chi connectivity index (χ1v) is 11.4. The van der Waals surface area contributed by atoms with Crippen molar-refractivity contribution in [2.24, 2.45) is 0 Å². The fraction of sp³-hybridized carbons (Fsp3) is 0.773. The van der Waals surface area contributed by atoms with Crippen molar-refractivity contribution in [1.29, 1.82) is 0 Å². The Morgan fingerprint density at radius 3 is 2.17 bits per heavy atom. The molecular weight excluding hydrogens is 366 g/mol. The molecule has 3 aliphatic rings. The number of likely N-dealkylation sites (tertiary alicyclic amines) is 1. The van der Waals surface area contributed by atoms with E-state index < -0.39 is 0 Å². The number of carbonyl (C=O) groups excluding carboxylic acids is 1. The summed E-state index contributed by atoms with van der Waals surface area (Å²) in [6, 6.07) is 0.955. The topological polar surface area (TPSA) is 70.6 Å². The molecule has 1 N–H and O–H groups in total. The number of nitrogens with zero attached hydrogens (tertiary/aromatic N) is 4. The minimum atomic E-state index is -0.172. The van der Waals surface area contributed by atoms with E-state index in [1.54, 1.807) is 12.4 Å². The average molecular weight is 402 g/mol. The lowest BCUT2D eigenvalue weighted by molar-refractivity contribution is -0.0598. The summed E-state index contributed by atoms with van der Waals surface area (Å²) in [5.74, 6) is 0.674. The van der Waals surface area contributed by atoms with Gasteiger partial charge in [-0.15, -0.1) is 0 Å². The van der Waals surface area contributed by atoms with Gasteiger partial charge < -0.3 is 19.9 Å². The number of carbonyl (C=O) groups is 1. The Bertz CT molecular complexity index is 660. The highest BCUT2D eigenvalue weighted by Crippen LogP contribution is 2.29. The van der Waals surface area contributed by atoms with Crippen molar-refractivity contribution in [3.8, 4) is 0 Å². The summed E-state index contributed by atoms with van der Waals surface area (Å²) in [6.45, 7) is 8.14. The van der Waals surface area contributed by atoms with Gasteiger partial charge in [-0.2, -0.15) is 0 Å². The lowest BCUT2D eigenvalue weighted by atomic mass is 9.89. The van der Waals surface area contributed by atoms with Crippen LogP contribution >= 0.6 is 0 Å². The maximum Gasteiger partial charge on any atom is 0.271 e. The first kappa shape index (κ1) is 20.5. The number of hydrogen-bond donors (Lipinski definition) is 1. The normalized spacial score (nSPS) is 22.7. The molecule has 1 saturated carbocycles. The highest BCUT2D eigenvalue weighted by atomic mass is 16.5. The summed E-state index contributed by atoms with van der Waals surface area (Å²) in [5, 5.41) is 2.84. The highest BCUT2D eigenvalue weighted by Gasteiger charge is 2.31. The van der Waals surface area contributed by atoms with Crippen LogP contribution < -0.4 is 10.2 Å². The van der Waals surface area contributed by atoms with E-state index in [-0.39, 0.29) is 11.9 Å². The van der Waals surface area contributed by atoms with Gasteiger partial charge in [-0.25, -0.2) is 9.97 Å². The van der Waals surface area contributed by atoms with Crippen LogP contribution in [0.2, 0.25) is 0 Å². The van der Waals surface area contributed by atoms with Gasteiger partial charge >= 0.3 is 0 Å². The summed E-state index contributed by atoms with van der Waals surface area (Å²) in [7, 11) is 0. The van der Waals surface area contributed by atoms with Crippen molar-refractivity contribution < 1.29 is 9.53 Å². The lowest BCUT2D eigenvalue weighted by Crippen LogP contribution is -2.47. The van der Waals surface area contributed by atoms with Gasteiger partial charge in [0.25, 0.3) is 5.91 Å². The molecule has 3 heterocycles. The van der Waals surface area contributed by atoms with E-state index in [4.69, 9.17) is 4.74 Å². The summed E-state index contributed by atoms with van der Waals surface area (Å²) in [4.78, 5) is 25.7. The maximum absolute atomic E-state index is 12.0. The standard InChI is InChI=1S/C22H35N5O2/c1-16(2)25-22(28)20-14-24-21(15-23-20)27-12-8-19(9-13-27)29-18-6-10-26(11-7-18)17-4-3-5-17/h14-19H,3-13H2,1-2H3,(H,25,28). The molecule has 0 bridgehead atoms. The third kappa shape index (κ3) is 5.25. The molecule has 1 aromatic rings. The first-order valence-electron chi connectivity index (χ1n) is 11.4. The smallest absolute Gasteiger partial charge is 0.271 e. The lowest BCUT2D eigenvalue weighted by Gasteiger charge is -2.42. The SMILES string of the molecule is CC(C)NC(=O)c1cnc(N2CCC(OC3CCN(C4CCC4)CC3)CC2)cn1. The molecule has 0 radical (unpaired) electrons. The van der Waals surface area contributed by atoms with Gasteiger partial charge in [-0.1, -0.05) is 6.42 Å². The number of ether oxygens (including phenoxy) is 1. The summed E-state index contributed by atoms with van der Waals surface area (Å²) in [6.07, 6.45) is 12.7.